The van der Waals surface area contributed by atoms with Crippen molar-refractivity contribution in [3.05, 3.63) is 59.1 Å². The van der Waals surface area contributed by atoms with Crippen LogP contribution in [0.15, 0.2) is 53.4 Å². The zero-order valence-corrected chi connectivity index (χ0v) is 14.3. The molecular weight excluding hydrogens is 348 g/mol. The lowest BCUT2D eigenvalue weighted by atomic mass is 10.1. The lowest BCUT2D eigenvalue weighted by Crippen LogP contribution is -2.17. The highest BCUT2D eigenvalue weighted by Gasteiger charge is 2.16. The van der Waals surface area contributed by atoms with Crippen molar-refractivity contribution in [2.24, 2.45) is 0 Å². The summed E-state index contributed by atoms with van der Waals surface area (Å²) in [6, 6.07) is 14.7. The van der Waals surface area contributed by atoms with Crippen LogP contribution in [0.25, 0.3) is 0 Å². The molecule has 2 aromatic carbocycles. The van der Waals surface area contributed by atoms with Crippen molar-refractivity contribution in [3.8, 4) is 6.07 Å². The average molecular weight is 363 g/mol. The molecule has 0 radical (unpaired) electrons. The molecule has 0 fully saturated rings. The minimum absolute atomic E-state index is 0.139. The molecule has 0 aromatic heterocycles. The summed E-state index contributed by atoms with van der Waals surface area (Å²) in [5, 5.41) is 11.7. The van der Waals surface area contributed by atoms with Crippen molar-refractivity contribution in [2.45, 2.75) is 17.7 Å². The Kier molecular flexibility index (Phi) is 5.96. The first kappa shape index (κ1) is 18.0. The third-order valence-electron chi connectivity index (χ3n) is 3.29. The maximum absolute atomic E-state index is 12.2. The van der Waals surface area contributed by atoms with Gasteiger partial charge in [0.25, 0.3) is 0 Å². The second-order valence-corrected chi connectivity index (χ2v) is 7.65. The molecule has 0 spiro atoms. The first-order valence-corrected chi connectivity index (χ1v) is 9.18. The zero-order chi connectivity index (χ0) is 17.6. The maximum atomic E-state index is 12.2. The van der Waals surface area contributed by atoms with E-state index in [2.05, 4.69) is 5.32 Å². The molecule has 1 amide bonds. The summed E-state index contributed by atoms with van der Waals surface area (Å²) in [5.41, 5.74) is 1.41. The van der Waals surface area contributed by atoms with Gasteiger partial charge in [0, 0.05) is 17.1 Å². The predicted molar refractivity (Wildman–Crippen MR) is 92.5 cm³/mol. The minimum atomic E-state index is -3.53. The van der Waals surface area contributed by atoms with E-state index in [9.17, 15) is 13.2 Å². The molecule has 2 aromatic rings. The van der Waals surface area contributed by atoms with E-state index in [1.807, 2.05) is 6.07 Å². The first-order chi connectivity index (χ1) is 11.4. The third-order valence-corrected chi connectivity index (χ3v) is 5.28. The molecule has 0 heterocycles. The Morgan fingerprint density at radius 1 is 1.08 bits per heavy atom. The van der Waals surface area contributed by atoms with Gasteiger partial charge < -0.3 is 5.32 Å². The summed E-state index contributed by atoms with van der Waals surface area (Å²) in [6.45, 7) is 0. The van der Waals surface area contributed by atoms with Crippen LogP contribution < -0.4 is 5.32 Å². The van der Waals surface area contributed by atoms with Crippen LogP contribution >= 0.6 is 11.6 Å². The number of nitrogens with one attached hydrogen (secondary N) is 1. The monoisotopic (exact) mass is 362 g/mol. The first-order valence-electron chi connectivity index (χ1n) is 7.15. The van der Waals surface area contributed by atoms with Crippen molar-refractivity contribution in [1.29, 1.82) is 5.26 Å². The lowest BCUT2D eigenvalue weighted by Gasteiger charge is -2.07. The third kappa shape index (κ3) is 5.08. The smallest absolute Gasteiger partial charge is 0.225 e. The molecule has 24 heavy (non-hydrogen) atoms. The van der Waals surface area contributed by atoms with E-state index in [1.54, 1.807) is 24.3 Å². The molecular formula is C17H15ClN2O3S. The van der Waals surface area contributed by atoms with E-state index >= 15 is 0 Å². The Morgan fingerprint density at radius 3 is 2.29 bits per heavy atom. The van der Waals surface area contributed by atoms with Crippen LogP contribution in [0, 0.1) is 11.3 Å². The molecule has 0 bridgehead atoms. The van der Waals surface area contributed by atoms with Gasteiger partial charge >= 0.3 is 0 Å². The predicted octanol–water partition coefficient (Wildman–Crippen LogP) is 3.21. The average Bonchev–Trinajstić information content (AvgIpc) is 2.56. The number of hydrogen-bond acceptors (Lipinski definition) is 4. The van der Waals surface area contributed by atoms with E-state index in [0.717, 1.165) is 5.56 Å². The van der Waals surface area contributed by atoms with Gasteiger partial charge in [0.15, 0.2) is 9.84 Å². The number of nitriles is 1. The van der Waals surface area contributed by atoms with Gasteiger partial charge in [-0.05, 0) is 42.0 Å². The Balaban J connectivity index is 1.92. The van der Waals surface area contributed by atoms with Crippen LogP contribution in [0.5, 0.6) is 0 Å². The quantitative estimate of drug-likeness (QED) is 0.854. The van der Waals surface area contributed by atoms with E-state index in [4.69, 9.17) is 16.9 Å². The summed E-state index contributed by atoms with van der Waals surface area (Å²) in [7, 11) is -3.53. The van der Waals surface area contributed by atoms with Gasteiger partial charge in [0.1, 0.15) is 0 Å². The molecule has 7 heteroatoms. The summed E-state index contributed by atoms with van der Waals surface area (Å²) < 4.78 is 24.3. The molecule has 0 aliphatic heterocycles. The van der Waals surface area contributed by atoms with Gasteiger partial charge in [0.2, 0.25) is 5.91 Å². The van der Waals surface area contributed by atoms with E-state index in [0.29, 0.717) is 17.1 Å². The van der Waals surface area contributed by atoms with E-state index < -0.39 is 9.84 Å². The van der Waals surface area contributed by atoms with Crippen LogP contribution in [0.1, 0.15) is 12.0 Å². The number of carbonyl (C=O) groups excluding carboxylic acids is 1. The standard InChI is InChI=1S/C17H15ClN2O3S/c18-14-3-7-16(8-4-14)24(22,23)12-10-17(21)20-15-5-1-13(2-6-15)9-11-19/h1-8H,9-10,12H2,(H,20,21). The van der Waals surface area contributed by atoms with Crippen molar-refractivity contribution >= 4 is 33.0 Å². The van der Waals surface area contributed by atoms with Gasteiger partial charge in [-0.1, -0.05) is 23.7 Å². The number of anilines is 1. The Hall–Kier alpha value is -2.36. The highest BCUT2D eigenvalue weighted by Crippen LogP contribution is 2.16. The maximum Gasteiger partial charge on any atom is 0.225 e. The fraction of sp³-hybridized carbons (Fsp3) is 0.176. The van der Waals surface area contributed by atoms with Crippen LogP contribution in [0.3, 0.4) is 0 Å². The molecule has 0 saturated carbocycles. The second kappa shape index (κ2) is 7.95. The van der Waals surface area contributed by atoms with Crippen LogP contribution in [0.4, 0.5) is 5.69 Å². The van der Waals surface area contributed by atoms with Gasteiger partial charge in [-0.25, -0.2) is 8.42 Å². The second-order valence-electron chi connectivity index (χ2n) is 5.10. The minimum Gasteiger partial charge on any atom is -0.326 e. The normalized spacial score (nSPS) is 10.8. The fourth-order valence-electron chi connectivity index (χ4n) is 2.01. The summed E-state index contributed by atoms with van der Waals surface area (Å²) >= 11 is 5.73. The highest BCUT2D eigenvalue weighted by atomic mass is 35.5. The number of sulfone groups is 1. The number of hydrogen-bond donors (Lipinski definition) is 1. The lowest BCUT2D eigenvalue weighted by molar-refractivity contribution is -0.115. The number of halogens is 1. The molecule has 5 nitrogen and oxygen atoms in total. The number of nitrogens with zero attached hydrogens (tertiary/aromatic N) is 1. The molecule has 0 atom stereocenters. The Morgan fingerprint density at radius 2 is 1.71 bits per heavy atom. The summed E-state index contributed by atoms with van der Waals surface area (Å²) in [4.78, 5) is 12.0. The molecule has 0 aliphatic rings. The van der Waals surface area contributed by atoms with Crippen molar-refractivity contribution in [2.75, 3.05) is 11.1 Å². The molecule has 124 valence electrons. The van der Waals surface area contributed by atoms with Gasteiger partial charge in [-0.3, -0.25) is 4.79 Å². The summed E-state index contributed by atoms with van der Waals surface area (Å²) in [5.74, 6) is -0.673. The SMILES string of the molecule is N#CCc1ccc(NC(=O)CCS(=O)(=O)c2ccc(Cl)cc2)cc1. The van der Waals surface area contributed by atoms with E-state index in [1.165, 1.54) is 24.3 Å². The summed E-state index contributed by atoms with van der Waals surface area (Å²) in [6.07, 6.45) is 0.151. The zero-order valence-electron chi connectivity index (χ0n) is 12.7. The highest BCUT2D eigenvalue weighted by molar-refractivity contribution is 7.91. The molecule has 1 N–H and O–H groups in total. The molecule has 0 aliphatic carbocycles. The van der Waals surface area contributed by atoms with Crippen LogP contribution in [-0.2, 0) is 21.1 Å². The van der Waals surface area contributed by atoms with Crippen molar-refractivity contribution in [1.82, 2.24) is 0 Å². The Bertz CT molecular complexity index is 854. The van der Waals surface area contributed by atoms with Crippen LogP contribution in [0.2, 0.25) is 5.02 Å². The van der Waals surface area contributed by atoms with Crippen LogP contribution in [-0.4, -0.2) is 20.1 Å². The Labute approximate surface area is 145 Å². The van der Waals surface area contributed by atoms with Gasteiger partial charge in [-0.2, -0.15) is 5.26 Å². The topological polar surface area (TPSA) is 87.0 Å². The number of carbonyl (C=O) groups is 1. The van der Waals surface area contributed by atoms with Crippen molar-refractivity contribution < 1.29 is 13.2 Å². The number of amides is 1. The molecule has 0 saturated heterocycles. The molecule has 0 unspecified atom stereocenters. The van der Waals surface area contributed by atoms with Gasteiger partial charge in [-0.15, -0.1) is 0 Å². The number of rotatable bonds is 6. The fourth-order valence-corrected chi connectivity index (χ4v) is 3.37. The van der Waals surface area contributed by atoms with Crippen molar-refractivity contribution in [3.63, 3.8) is 0 Å². The van der Waals surface area contributed by atoms with E-state index in [-0.39, 0.29) is 23.0 Å². The largest absolute Gasteiger partial charge is 0.326 e. The van der Waals surface area contributed by atoms with Gasteiger partial charge in [0.05, 0.1) is 23.1 Å². The number of benzene rings is 2. The molecule has 2 rings (SSSR count).